The molecule has 0 bridgehead atoms. The standard InChI is InChI=1S/C9H9F3N2O/c1-14(2)6-7(5-13)3-4-8(15)9(10,11)12/h3-4,6H,1-2H3. The first-order chi connectivity index (χ1) is 6.77. The van der Waals surface area contributed by atoms with E-state index in [1.807, 2.05) is 0 Å². The van der Waals surface area contributed by atoms with Crippen LogP contribution in [0.2, 0.25) is 0 Å². The van der Waals surface area contributed by atoms with E-state index in [-0.39, 0.29) is 5.57 Å². The van der Waals surface area contributed by atoms with Gasteiger partial charge in [0.2, 0.25) is 0 Å². The van der Waals surface area contributed by atoms with Crippen molar-refractivity contribution >= 4 is 5.78 Å². The molecule has 3 nitrogen and oxygen atoms in total. The van der Waals surface area contributed by atoms with Gasteiger partial charge in [0.25, 0.3) is 5.78 Å². The number of carbonyl (C=O) groups is 1. The minimum atomic E-state index is -4.89. The van der Waals surface area contributed by atoms with Crippen LogP contribution in [-0.4, -0.2) is 31.0 Å². The van der Waals surface area contributed by atoms with Gasteiger partial charge in [-0.15, -0.1) is 0 Å². The van der Waals surface area contributed by atoms with Crippen molar-refractivity contribution in [1.82, 2.24) is 4.90 Å². The summed E-state index contributed by atoms with van der Waals surface area (Å²) in [6, 6.07) is 1.65. The van der Waals surface area contributed by atoms with E-state index < -0.39 is 12.0 Å². The zero-order valence-corrected chi connectivity index (χ0v) is 8.17. The molecule has 0 saturated carbocycles. The van der Waals surface area contributed by atoms with Crippen LogP contribution in [0.25, 0.3) is 0 Å². The van der Waals surface area contributed by atoms with Crippen LogP contribution >= 0.6 is 0 Å². The maximum Gasteiger partial charge on any atom is 0.454 e. The van der Waals surface area contributed by atoms with E-state index in [0.717, 1.165) is 6.08 Å². The summed E-state index contributed by atoms with van der Waals surface area (Å²) >= 11 is 0. The van der Waals surface area contributed by atoms with Crippen molar-refractivity contribution in [3.63, 3.8) is 0 Å². The summed E-state index contributed by atoms with van der Waals surface area (Å²) in [5.41, 5.74) is -0.0300. The number of rotatable bonds is 3. The highest BCUT2D eigenvalue weighted by molar-refractivity contribution is 5.94. The van der Waals surface area contributed by atoms with Gasteiger partial charge in [0, 0.05) is 20.3 Å². The molecule has 0 atom stereocenters. The van der Waals surface area contributed by atoms with Crippen molar-refractivity contribution in [3.8, 4) is 6.07 Å². The summed E-state index contributed by atoms with van der Waals surface area (Å²) < 4.78 is 35.3. The van der Waals surface area contributed by atoms with E-state index in [2.05, 4.69) is 0 Å². The van der Waals surface area contributed by atoms with Crippen molar-refractivity contribution in [2.24, 2.45) is 0 Å². The molecule has 0 aliphatic carbocycles. The van der Waals surface area contributed by atoms with E-state index in [9.17, 15) is 18.0 Å². The van der Waals surface area contributed by atoms with Crippen LogP contribution in [0, 0.1) is 11.3 Å². The second kappa shape index (κ2) is 5.20. The number of ketones is 1. The number of hydrogen-bond acceptors (Lipinski definition) is 3. The lowest BCUT2D eigenvalue weighted by atomic mass is 10.2. The molecule has 0 rings (SSSR count). The van der Waals surface area contributed by atoms with Gasteiger partial charge in [0.15, 0.2) is 0 Å². The molecule has 0 amide bonds. The summed E-state index contributed by atoms with van der Waals surface area (Å²) in [5, 5.41) is 8.50. The number of allylic oxidation sites excluding steroid dienone is 3. The van der Waals surface area contributed by atoms with Crippen molar-refractivity contribution < 1.29 is 18.0 Å². The number of hydrogen-bond donors (Lipinski definition) is 0. The average molecular weight is 218 g/mol. The molecule has 0 N–H and O–H groups in total. The van der Waals surface area contributed by atoms with Gasteiger partial charge in [-0.05, 0) is 12.2 Å². The highest BCUT2D eigenvalue weighted by Crippen LogP contribution is 2.16. The van der Waals surface area contributed by atoms with Crippen LogP contribution in [-0.2, 0) is 4.79 Å². The quantitative estimate of drug-likeness (QED) is 0.411. The van der Waals surface area contributed by atoms with Gasteiger partial charge in [-0.1, -0.05) is 0 Å². The van der Waals surface area contributed by atoms with Crippen LogP contribution in [0.5, 0.6) is 0 Å². The van der Waals surface area contributed by atoms with Gasteiger partial charge in [-0.25, -0.2) is 0 Å². The van der Waals surface area contributed by atoms with Gasteiger partial charge in [-0.3, -0.25) is 4.79 Å². The number of alkyl halides is 3. The van der Waals surface area contributed by atoms with E-state index in [1.165, 1.54) is 11.1 Å². The van der Waals surface area contributed by atoms with Gasteiger partial charge in [0.1, 0.15) is 6.07 Å². The Kier molecular flexibility index (Phi) is 4.58. The van der Waals surface area contributed by atoms with Crippen molar-refractivity contribution in [2.75, 3.05) is 14.1 Å². The Morgan fingerprint density at radius 1 is 1.33 bits per heavy atom. The van der Waals surface area contributed by atoms with Crippen LogP contribution < -0.4 is 0 Å². The Balaban J connectivity index is 4.67. The predicted octanol–water partition coefficient (Wildman–Crippen LogP) is 1.64. The first kappa shape index (κ1) is 13.2. The molecule has 82 valence electrons. The zero-order valence-electron chi connectivity index (χ0n) is 8.17. The van der Waals surface area contributed by atoms with Gasteiger partial charge < -0.3 is 4.90 Å². The number of nitrogens with zero attached hydrogens (tertiary/aromatic N) is 2. The van der Waals surface area contributed by atoms with E-state index >= 15 is 0 Å². The smallest absolute Gasteiger partial charge is 0.382 e. The second-order valence-electron chi connectivity index (χ2n) is 2.86. The van der Waals surface area contributed by atoms with Gasteiger partial charge >= 0.3 is 6.18 Å². The highest BCUT2D eigenvalue weighted by atomic mass is 19.4. The van der Waals surface area contributed by atoms with Crippen LogP contribution in [0.15, 0.2) is 23.9 Å². The first-order valence-corrected chi connectivity index (χ1v) is 3.85. The molecule has 0 radical (unpaired) electrons. The molecule has 0 saturated heterocycles. The fraction of sp³-hybridized carbons (Fsp3) is 0.333. The predicted molar refractivity (Wildman–Crippen MR) is 47.6 cm³/mol. The normalized spacial score (nSPS) is 12.7. The third-order valence-electron chi connectivity index (χ3n) is 1.22. The lowest BCUT2D eigenvalue weighted by molar-refractivity contribution is -0.165. The van der Waals surface area contributed by atoms with Crippen LogP contribution in [0.1, 0.15) is 0 Å². The zero-order chi connectivity index (χ0) is 12.1. The highest BCUT2D eigenvalue weighted by Gasteiger charge is 2.35. The van der Waals surface area contributed by atoms with E-state index in [4.69, 9.17) is 5.26 Å². The molecule has 0 aliphatic heterocycles. The topological polar surface area (TPSA) is 44.1 Å². The molecule has 6 heteroatoms. The Bertz CT molecular complexity index is 334. The van der Waals surface area contributed by atoms with E-state index in [1.54, 1.807) is 20.2 Å². The fourth-order valence-electron chi connectivity index (χ4n) is 0.647. The summed E-state index contributed by atoms with van der Waals surface area (Å²) in [6.07, 6.45) is -2.43. The summed E-state index contributed by atoms with van der Waals surface area (Å²) in [4.78, 5) is 11.9. The van der Waals surface area contributed by atoms with Crippen LogP contribution in [0.3, 0.4) is 0 Å². The molecular formula is C9H9F3N2O. The van der Waals surface area contributed by atoms with Crippen molar-refractivity contribution in [3.05, 3.63) is 23.9 Å². The third kappa shape index (κ3) is 5.52. The van der Waals surface area contributed by atoms with E-state index in [0.29, 0.717) is 6.08 Å². The minimum absolute atomic E-state index is 0.0300. The lowest BCUT2D eigenvalue weighted by Gasteiger charge is -2.03. The molecule has 0 aromatic rings. The molecule has 0 aromatic heterocycles. The van der Waals surface area contributed by atoms with Gasteiger partial charge in [0.05, 0.1) is 5.57 Å². The average Bonchev–Trinajstić information content (AvgIpc) is 2.09. The largest absolute Gasteiger partial charge is 0.454 e. The van der Waals surface area contributed by atoms with Gasteiger partial charge in [-0.2, -0.15) is 18.4 Å². The maximum absolute atomic E-state index is 11.8. The molecule has 15 heavy (non-hydrogen) atoms. The number of carbonyl (C=O) groups excluding carboxylic acids is 1. The molecule has 0 unspecified atom stereocenters. The molecule has 0 aromatic carbocycles. The third-order valence-corrected chi connectivity index (χ3v) is 1.22. The summed E-state index contributed by atoms with van der Waals surface area (Å²) in [5.74, 6) is -1.98. The fourth-order valence-corrected chi connectivity index (χ4v) is 0.647. The lowest BCUT2D eigenvalue weighted by Crippen LogP contribution is -2.19. The SMILES string of the molecule is CN(C)C=C(C#N)C=CC(=O)C(F)(F)F. The Morgan fingerprint density at radius 3 is 2.20 bits per heavy atom. The molecule has 0 aliphatic rings. The molecule has 0 spiro atoms. The monoisotopic (exact) mass is 218 g/mol. The summed E-state index contributed by atoms with van der Waals surface area (Å²) in [6.45, 7) is 0. The number of nitriles is 1. The molecule has 0 heterocycles. The minimum Gasteiger partial charge on any atom is -0.382 e. The van der Waals surface area contributed by atoms with Crippen molar-refractivity contribution in [2.45, 2.75) is 6.18 Å². The Hall–Kier alpha value is -1.77. The Labute approximate surface area is 85.1 Å². The van der Waals surface area contributed by atoms with Crippen LogP contribution in [0.4, 0.5) is 13.2 Å². The van der Waals surface area contributed by atoms with Crippen molar-refractivity contribution in [1.29, 1.82) is 5.26 Å². The molecule has 0 fully saturated rings. The number of halogens is 3. The Morgan fingerprint density at radius 2 is 1.87 bits per heavy atom. The molecular weight excluding hydrogens is 209 g/mol. The first-order valence-electron chi connectivity index (χ1n) is 3.85. The second-order valence-corrected chi connectivity index (χ2v) is 2.86. The maximum atomic E-state index is 11.8. The summed E-state index contributed by atoms with van der Waals surface area (Å²) in [7, 11) is 3.22.